The molecule has 1 unspecified atom stereocenters. The number of hydrogen-bond acceptors (Lipinski definition) is 2. The average Bonchev–Trinajstić information content (AvgIpc) is 2.74. The first-order chi connectivity index (χ1) is 8.80. The maximum atomic E-state index is 13.6. The van der Waals surface area contributed by atoms with Gasteiger partial charge in [-0.05, 0) is 43.7 Å². The molecule has 2 rings (SSSR count). The van der Waals surface area contributed by atoms with Gasteiger partial charge in [0.25, 0.3) is 0 Å². The minimum atomic E-state index is -4.51. The van der Waals surface area contributed by atoms with Gasteiger partial charge in [-0.1, -0.05) is 0 Å². The van der Waals surface area contributed by atoms with E-state index in [0.717, 1.165) is 30.7 Å². The Balaban J connectivity index is 2.05. The molecule has 106 valence electrons. The number of halogens is 4. The van der Waals surface area contributed by atoms with Crippen molar-refractivity contribution in [1.29, 1.82) is 0 Å². The third-order valence-corrected chi connectivity index (χ3v) is 4.79. The molecule has 1 saturated heterocycles. The van der Waals surface area contributed by atoms with Crippen molar-refractivity contribution in [1.82, 2.24) is 0 Å². The highest BCUT2D eigenvalue weighted by Crippen LogP contribution is 2.38. The maximum absolute atomic E-state index is 13.6. The highest BCUT2D eigenvalue weighted by Gasteiger charge is 2.32. The molecule has 0 spiro atoms. The first-order valence-electron chi connectivity index (χ1n) is 6.05. The van der Waals surface area contributed by atoms with Crippen LogP contribution in [0.1, 0.15) is 25.3 Å². The van der Waals surface area contributed by atoms with Gasteiger partial charge in [0.2, 0.25) is 0 Å². The van der Waals surface area contributed by atoms with Gasteiger partial charge in [-0.3, -0.25) is 0 Å². The number of alkyl halides is 3. The highest BCUT2D eigenvalue weighted by molar-refractivity contribution is 8.00. The molecule has 0 aromatic heterocycles. The lowest BCUT2D eigenvalue weighted by Crippen LogP contribution is -2.27. The second-order valence-electron chi connectivity index (χ2n) is 4.95. The largest absolute Gasteiger partial charge is 0.416 e. The van der Waals surface area contributed by atoms with Gasteiger partial charge in [0.1, 0.15) is 5.82 Å². The Labute approximate surface area is 113 Å². The van der Waals surface area contributed by atoms with Crippen molar-refractivity contribution < 1.29 is 17.6 Å². The lowest BCUT2D eigenvalue weighted by molar-refractivity contribution is -0.137. The minimum absolute atomic E-state index is 0.0368. The van der Waals surface area contributed by atoms with E-state index >= 15 is 0 Å². The average molecular weight is 293 g/mol. The smallest absolute Gasteiger partial charge is 0.381 e. The second kappa shape index (κ2) is 5.23. The summed E-state index contributed by atoms with van der Waals surface area (Å²) in [6, 6.07) is 2.59. The molecule has 1 aromatic carbocycles. The summed E-state index contributed by atoms with van der Waals surface area (Å²) >= 11 is 1.81. The van der Waals surface area contributed by atoms with E-state index in [1.165, 1.54) is 0 Å². The lowest BCUT2D eigenvalue weighted by atomic mass is 10.1. The Morgan fingerprint density at radius 1 is 1.37 bits per heavy atom. The molecule has 1 N–H and O–H groups in total. The van der Waals surface area contributed by atoms with Crippen molar-refractivity contribution in [3.8, 4) is 0 Å². The number of rotatable bonds is 3. The monoisotopic (exact) mass is 293 g/mol. The van der Waals surface area contributed by atoms with E-state index in [2.05, 4.69) is 12.2 Å². The van der Waals surface area contributed by atoms with Crippen molar-refractivity contribution in [2.24, 2.45) is 0 Å². The highest BCUT2D eigenvalue weighted by atomic mass is 32.2. The van der Waals surface area contributed by atoms with Crippen molar-refractivity contribution in [2.45, 2.75) is 30.7 Å². The number of thioether (sulfide) groups is 1. The van der Waals surface area contributed by atoms with E-state index in [0.29, 0.717) is 12.6 Å². The molecular formula is C13H15F4NS. The molecule has 0 saturated carbocycles. The molecule has 0 aliphatic carbocycles. The normalized spacial score (nSPS) is 23.6. The fourth-order valence-corrected chi connectivity index (χ4v) is 3.34. The quantitative estimate of drug-likeness (QED) is 0.821. The molecule has 6 heteroatoms. The van der Waals surface area contributed by atoms with Crippen LogP contribution in [-0.2, 0) is 6.18 Å². The van der Waals surface area contributed by atoms with E-state index < -0.39 is 17.6 Å². The van der Waals surface area contributed by atoms with Crippen molar-refractivity contribution in [3.05, 3.63) is 29.6 Å². The Morgan fingerprint density at radius 2 is 2.11 bits per heavy atom. The molecule has 1 heterocycles. The fourth-order valence-electron chi connectivity index (χ4n) is 2.09. The number of benzene rings is 1. The van der Waals surface area contributed by atoms with Crippen LogP contribution in [0.2, 0.25) is 0 Å². The summed E-state index contributed by atoms with van der Waals surface area (Å²) in [7, 11) is 0. The molecule has 1 fully saturated rings. The van der Waals surface area contributed by atoms with E-state index in [-0.39, 0.29) is 10.4 Å². The predicted octanol–water partition coefficient (Wildman–Crippen LogP) is 4.54. The lowest BCUT2D eigenvalue weighted by Gasteiger charge is -2.23. The summed E-state index contributed by atoms with van der Waals surface area (Å²) in [5.74, 6) is 0.217. The zero-order valence-corrected chi connectivity index (χ0v) is 11.3. The first-order valence-corrected chi connectivity index (χ1v) is 7.03. The van der Waals surface area contributed by atoms with Crippen LogP contribution in [0.5, 0.6) is 0 Å². The molecule has 0 radical (unpaired) electrons. The minimum Gasteiger partial charge on any atom is -0.381 e. The number of hydrogen-bond donors (Lipinski definition) is 1. The SMILES string of the molecule is CC1(CNc2ccc(C(F)(F)F)cc2F)CCCS1. The second-order valence-corrected chi connectivity index (χ2v) is 6.63. The van der Waals surface area contributed by atoms with Gasteiger partial charge >= 0.3 is 6.18 Å². The van der Waals surface area contributed by atoms with E-state index in [1.54, 1.807) is 0 Å². The zero-order chi connectivity index (χ0) is 14.1. The Hall–Kier alpha value is -0.910. The molecule has 1 aliphatic rings. The summed E-state index contributed by atoms with van der Waals surface area (Å²) < 4.78 is 50.9. The first kappa shape index (κ1) is 14.5. The van der Waals surface area contributed by atoms with Crippen LogP contribution in [0.3, 0.4) is 0 Å². The van der Waals surface area contributed by atoms with Gasteiger partial charge in [0, 0.05) is 11.3 Å². The molecule has 1 nitrogen and oxygen atoms in total. The standard InChI is InChI=1S/C13H15F4NS/c1-12(5-2-6-19-12)8-18-11-4-3-9(7-10(11)14)13(15,16)17/h3-4,7,18H,2,5-6,8H2,1H3. The van der Waals surface area contributed by atoms with Gasteiger partial charge in [-0.25, -0.2) is 4.39 Å². The van der Waals surface area contributed by atoms with Crippen LogP contribution >= 0.6 is 11.8 Å². The summed E-state index contributed by atoms with van der Waals surface area (Å²) in [4.78, 5) is 0. The van der Waals surface area contributed by atoms with Gasteiger partial charge in [-0.15, -0.1) is 0 Å². The van der Waals surface area contributed by atoms with Crippen LogP contribution in [0.4, 0.5) is 23.2 Å². The third kappa shape index (κ3) is 3.55. The van der Waals surface area contributed by atoms with Crippen LogP contribution in [0, 0.1) is 5.82 Å². The summed E-state index contributed by atoms with van der Waals surface area (Å²) in [5.41, 5.74) is -0.835. The van der Waals surface area contributed by atoms with Gasteiger partial charge in [0.15, 0.2) is 0 Å². The molecule has 19 heavy (non-hydrogen) atoms. The Morgan fingerprint density at radius 3 is 2.63 bits per heavy atom. The van der Waals surface area contributed by atoms with Crippen molar-refractivity contribution >= 4 is 17.4 Å². The molecule has 1 atom stereocenters. The fraction of sp³-hybridized carbons (Fsp3) is 0.538. The van der Waals surface area contributed by atoms with Gasteiger partial charge < -0.3 is 5.32 Å². The van der Waals surface area contributed by atoms with E-state index in [1.807, 2.05) is 11.8 Å². The predicted molar refractivity (Wildman–Crippen MR) is 70.0 cm³/mol. The molecule has 1 aliphatic heterocycles. The van der Waals surface area contributed by atoms with Crippen LogP contribution < -0.4 is 5.32 Å². The van der Waals surface area contributed by atoms with E-state index in [4.69, 9.17) is 0 Å². The Kier molecular flexibility index (Phi) is 3.99. The molecule has 1 aromatic rings. The molecule has 0 amide bonds. The van der Waals surface area contributed by atoms with Crippen LogP contribution in [-0.4, -0.2) is 17.0 Å². The summed E-state index contributed by atoms with van der Waals surface area (Å²) in [5, 5.41) is 2.91. The number of anilines is 1. The summed E-state index contributed by atoms with van der Waals surface area (Å²) in [6.45, 7) is 2.64. The maximum Gasteiger partial charge on any atom is 0.416 e. The summed E-state index contributed by atoms with van der Waals surface area (Å²) in [6.07, 6.45) is -2.35. The Bertz CT molecular complexity index is 452. The molecular weight excluding hydrogens is 278 g/mol. The van der Waals surface area contributed by atoms with E-state index in [9.17, 15) is 17.6 Å². The van der Waals surface area contributed by atoms with Crippen LogP contribution in [0.25, 0.3) is 0 Å². The topological polar surface area (TPSA) is 12.0 Å². The third-order valence-electron chi connectivity index (χ3n) is 3.25. The van der Waals surface area contributed by atoms with Crippen LogP contribution in [0.15, 0.2) is 18.2 Å². The van der Waals surface area contributed by atoms with Crippen molar-refractivity contribution in [2.75, 3.05) is 17.6 Å². The van der Waals surface area contributed by atoms with Gasteiger partial charge in [-0.2, -0.15) is 24.9 Å². The number of nitrogens with one attached hydrogen (secondary N) is 1. The van der Waals surface area contributed by atoms with Gasteiger partial charge in [0.05, 0.1) is 11.3 Å². The van der Waals surface area contributed by atoms with Crippen molar-refractivity contribution in [3.63, 3.8) is 0 Å². The molecule has 0 bridgehead atoms. The zero-order valence-electron chi connectivity index (χ0n) is 10.5.